The Morgan fingerprint density at radius 3 is 2.78 bits per heavy atom. The summed E-state index contributed by atoms with van der Waals surface area (Å²) >= 11 is 0. The average molecular weight is 245 g/mol. The molecule has 1 aliphatic heterocycles. The van der Waals surface area contributed by atoms with E-state index in [9.17, 15) is 0 Å². The Hall–Kier alpha value is -1.39. The number of benzene rings is 1. The van der Waals surface area contributed by atoms with Gasteiger partial charge in [-0.1, -0.05) is 12.1 Å². The fraction of sp³-hybridized carbons (Fsp3) is 0.500. The van der Waals surface area contributed by atoms with Crippen LogP contribution in [-0.2, 0) is 0 Å². The minimum Gasteiger partial charge on any atom is -0.395 e. The summed E-state index contributed by atoms with van der Waals surface area (Å²) in [5.41, 5.74) is 2.19. The smallest absolute Gasteiger partial charge is 0.110 e. The number of hydrogen-bond acceptors (Lipinski definition) is 3. The van der Waals surface area contributed by atoms with E-state index in [0.29, 0.717) is 5.92 Å². The maximum absolute atomic E-state index is 8.94. The van der Waals surface area contributed by atoms with E-state index in [1.54, 1.807) is 0 Å². The number of fused-ring (bicyclic) bond motifs is 1. The number of nitrogens with zero attached hydrogens (tertiary/aromatic N) is 2. The van der Waals surface area contributed by atoms with E-state index in [-0.39, 0.29) is 6.61 Å². The van der Waals surface area contributed by atoms with E-state index in [1.165, 1.54) is 0 Å². The van der Waals surface area contributed by atoms with Crippen LogP contribution >= 0.6 is 0 Å². The van der Waals surface area contributed by atoms with E-state index in [1.807, 2.05) is 12.1 Å². The predicted octanol–water partition coefficient (Wildman–Crippen LogP) is 1.73. The summed E-state index contributed by atoms with van der Waals surface area (Å²) in [5, 5.41) is 8.94. The van der Waals surface area contributed by atoms with Crippen molar-refractivity contribution < 1.29 is 5.11 Å². The highest BCUT2D eigenvalue weighted by Gasteiger charge is 2.22. The van der Waals surface area contributed by atoms with Gasteiger partial charge in [0.15, 0.2) is 0 Å². The second-order valence-corrected chi connectivity index (χ2v) is 4.98. The molecule has 0 aliphatic carbocycles. The van der Waals surface area contributed by atoms with Gasteiger partial charge in [-0.05, 0) is 38.1 Å². The van der Waals surface area contributed by atoms with Crippen molar-refractivity contribution in [2.24, 2.45) is 0 Å². The molecule has 0 bridgehead atoms. The van der Waals surface area contributed by atoms with Crippen LogP contribution < -0.4 is 0 Å². The summed E-state index contributed by atoms with van der Waals surface area (Å²) in [6.07, 6.45) is 2.25. The number of piperidine rings is 1. The van der Waals surface area contributed by atoms with Gasteiger partial charge in [-0.2, -0.15) is 0 Å². The average Bonchev–Trinajstić information content (AvgIpc) is 2.84. The number of hydrogen-bond donors (Lipinski definition) is 2. The molecule has 2 N–H and O–H groups in total. The van der Waals surface area contributed by atoms with E-state index in [0.717, 1.165) is 49.3 Å². The molecule has 0 saturated carbocycles. The van der Waals surface area contributed by atoms with Gasteiger partial charge < -0.3 is 15.0 Å². The second kappa shape index (κ2) is 5.08. The van der Waals surface area contributed by atoms with Crippen LogP contribution in [0.1, 0.15) is 24.6 Å². The van der Waals surface area contributed by atoms with Gasteiger partial charge in [0.2, 0.25) is 0 Å². The van der Waals surface area contributed by atoms with E-state index < -0.39 is 0 Å². The first-order valence-electron chi connectivity index (χ1n) is 6.64. The third-order valence-electron chi connectivity index (χ3n) is 3.80. The summed E-state index contributed by atoms with van der Waals surface area (Å²) in [5.74, 6) is 1.66. The molecule has 1 aromatic carbocycles. The lowest BCUT2D eigenvalue weighted by atomic mass is 9.96. The Morgan fingerprint density at radius 2 is 2.06 bits per heavy atom. The Labute approximate surface area is 107 Å². The molecule has 1 aromatic heterocycles. The second-order valence-electron chi connectivity index (χ2n) is 4.98. The molecule has 0 atom stereocenters. The largest absolute Gasteiger partial charge is 0.395 e. The first-order chi connectivity index (χ1) is 8.86. The quantitative estimate of drug-likeness (QED) is 0.866. The number of aromatic nitrogens is 2. The third-order valence-corrected chi connectivity index (χ3v) is 3.80. The summed E-state index contributed by atoms with van der Waals surface area (Å²) in [6, 6.07) is 8.19. The summed E-state index contributed by atoms with van der Waals surface area (Å²) < 4.78 is 0. The summed E-state index contributed by atoms with van der Waals surface area (Å²) in [4.78, 5) is 10.4. The SMILES string of the molecule is OCCN1CCC(c2nc3ccccc3[nH]2)CC1. The molecule has 1 saturated heterocycles. The highest BCUT2D eigenvalue weighted by atomic mass is 16.3. The maximum Gasteiger partial charge on any atom is 0.110 e. The number of likely N-dealkylation sites (tertiary alicyclic amines) is 1. The molecule has 0 unspecified atom stereocenters. The van der Waals surface area contributed by atoms with Crippen LogP contribution in [0.15, 0.2) is 24.3 Å². The fourth-order valence-electron chi connectivity index (χ4n) is 2.74. The number of aliphatic hydroxyl groups excluding tert-OH is 1. The van der Waals surface area contributed by atoms with Crippen molar-refractivity contribution >= 4 is 11.0 Å². The van der Waals surface area contributed by atoms with E-state index in [2.05, 4.69) is 27.0 Å². The lowest BCUT2D eigenvalue weighted by Crippen LogP contribution is -2.35. The third kappa shape index (κ3) is 2.26. The van der Waals surface area contributed by atoms with Crippen molar-refractivity contribution in [1.29, 1.82) is 0 Å². The molecular weight excluding hydrogens is 226 g/mol. The Kier molecular flexibility index (Phi) is 3.30. The number of imidazole rings is 1. The number of para-hydroxylation sites is 2. The van der Waals surface area contributed by atoms with Crippen molar-refractivity contribution in [2.45, 2.75) is 18.8 Å². The van der Waals surface area contributed by atoms with Gasteiger partial charge in [-0.25, -0.2) is 4.98 Å². The lowest BCUT2D eigenvalue weighted by molar-refractivity contribution is 0.163. The van der Waals surface area contributed by atoms with Gasteiger partial charge >= 0.3 is 0 Å². The fourth-order valence-corrected chi connectivity index (χ4v) is 2.74. The number of nitrogens with one attached hydrogen (secondary N) is 1. The normalized spacial score (nSPS) is 18.5. The van der Waals surface area contributed by atoms with Crippen LogP contribution in [0.25, 0.3) is 11.0 Å². The monoisotopic (exact) mass is 245 g/mol. The van der Waals surface area contributed by atoms with Gasteiger partial charge in [0.05, 0.1) is 17.6 Å². The van der Waals surface area contributed by atoms with E-state index >= 15 is 0 Å². The van der Waals surface area contributed by atoms with Crippen LogP contribution in [0, 0.1) is 0 Å². The van der Waals surface area contributed by atoms with Crippen LogP contribution in [0.5, 0.6) is 0 Å². The molecule has 4 heteroatoms. The highest BCUT2D eigenvalue weighted by molar-refractivity contribution is 5.74. The minimum atomic E-state index is 0.259. The molecule has 2 heterocycles. The Morgan fingerprint density at radius 1 is 1.28 bits per heavy atom. The standard InChI is InChI=1S/C14H19N3O/c18-10-9-17-7-5-11(6-8-17)14-15-12-3-1-2-4-13(12)16-14/h1-4,11,18H,5-10H2,(H,15,16). The number of β-amino-alcohol motifs (C(OH)–C–C–N with tert-alkyl or cyclic N) is 1. The Balaban J connectivity index is 1.72. The molecule has 4 nitrogen and oxygen atoms in total. The first kappa shape index (κ1) is 11.7. The van der Waals surface area contributed by atoms with Gasteiger partial charge in [0.1, 0.15) is 5.82 Å². The van der Waals surface area contributed by atoms with Crippen LogP contribution in [0.4, 0.5) is 0 Å². The lowest BCUT2D eigenvalue weighted by Gasteiger charge is -2.30. The molecule has 96 valence electrons. The highest BCUT2D eigenvalue weighted by Crippen LogP contribution is 2.27. The van der Waals surface area contributed by atoms with Crippen molar-refractivity contribution in [3.05, 3.63) is 30.1 Å². The number of H-pyrrole nitrogens is 1. The number of rotatable bonds is 3. The van der Waals surface area contributed by atoms with Crippen molar-refractivity contribution in [1.82, 2.24) is 14.9 Å². The van der Waals surface area contributed by atoms with Gasteiger partial charge in [-0.3, -0.25) is 0 Å². The zero-order valence-corrected chi connectivity index (χ0v) is 10.5. The molecule has 1 fully saturated rings. The van der Waals surface area contributed by atoms with Crippen LogP contribution in [0.2, 0.25) is 0 Å². The number of aliphatic hydroxyl groups is 1. The molecule has 2 aromatic rings. The summed E-state index contributed by atoms with van der Waals surface area (Å²) in [7, 11) is 0. The maximum atomic E-state index is 8.94. The zero-order chi connectivity index (χ0) is 12.4. The van der Waals surface area contributed by atoms with Crippen molar-refractivity contribution in [2.75, 3.05) is 26.2 Å². The molecule has 18 heavy (non-hydrogen) atoms. The van der Waals surface area contributed by atoms with Crippen LogP contribution in [-0.4, -0.2) is 46.2 Å². The van der Waals surface area contributed by atoms with Crippen LogP contribution in [0.3, 0.4) is 0 Å². The van der Waals surface area contributed by atoms with Gasteiger partial charge in [-0.15, -0.1) is 0 Å². The minimum absolute atomic E-state index is 0.259. The Bertz CT molecular complexity index is 481. The molecule has 0 amide bonds. The van der Waals surface area contributed by atoms with Gasteiger partial charge in [0, 0.05) is 12.5 Å². The van der Waals surface area contributed by atoms with Gasteiger partial charge in [0.25, 0.3) is 0 Å². The zero-order valence-electron chi connectivity index (χ0n) is 10.5. The van der Waals surface area contributed by atoms with Crippen molar-refractivity contribution in [3.63, 3.8) is 0 Å². The molecule has 0 spiro atoms. The predicted molar refractivity (Wildman–Crippen MR) is 71.6 cm³/mol. The molecule has 0 radical (unpaired) electrons. The molecule has 1 aliphatic rings. The molecule has 3 rings (SSSR count). The molecular formula is C14H19N3O. The summed E-state index contributed by atoms with van der Waals surface area (Å²) in [6.45, 7) is 3.17. The van der Waals surface area contributed by atoms with Crippen molar-refractivity contribution in [3.8, 4) is 0 Å². The topological polar surface area (TPSA) is 52.1 Å². The first-order valence-corrected chi connectivity index (χ1v) is 6.64. The number of aromatic amines is 1. The van der Waals surface area contributed by atoms with E-state index in [4.69, 9.17) is 5.11 Å².